The summed E-state index contributed by atoms with van der Waals surface area (Å²) in [6.07, 6.45) is 2.12. The molecule has 104 valence electrons. The first-order valence-electron chi connectivity index (χ1n) is 6.47. The van der Waals surface area contributed by atoms with E-state index in [1.807, 2.05) is 11.8 Å². The summed E-state index contributed by atoms with van der Waals surface area (Å²) >= 11 is 9.28. The maximum Gasteiger partial charge on any atom is 0.253 e. The molecule has 0 saturated carbocycles. The molecule has 0 radical (unpaired) electrons. The van der Waals surface area contributed by atoms with E-state index in [2.05, 4.69) is 15.9 Å². The van der Waals surface area contributed by atoms with Gasteiger partial charge in [0.15, 0.2) is 0 Å². The quantitative estimate of drug-likeness (QED) is 0.834. The van der Waals surface area contributed by atoms with Gasteiger partial charge in [-0.3, -0.25) is 4.79 Å². The molecule has 1 aliphatic rings. The van der Waals surface area contributed by atoms with Crippen LogP contribution in [0.5, 0.6) is 0 Å². The second-order valence-corrected chi connectivity index (χ2v) is 5.84. The monoisotopic (exact) mass is 345 g/mol. The molecule has 1 aliphatic heterocycles. The summed E-state index contributed by atoms with van der Waals surface area (Å²) in [5.41, 5.74) is 0.672. The van der Waals surface area contributed by atoms with E-state index in [1.54, 1.807) is 18.2 Å². The van der Waals surface area contributed by atoms with Crippen LogP contribution in [0, 0.1) is 0 Å². The number of benzene rings is 1. The lowest BCUT2D eigenvalue weighted by molar-refractivity contribution is 0.0146. The Balaban J connectivity index is 1.99. The highest BCUT2D eigenvalue weighted by Crippen LogP contribution is 2.24. The third-order valence-electron chi connectivity index (χ3n) is 3.30. The fraction of sp³-hybridized carbons (Fsp3) is 0.500. The minimum Gasteiger partial charge on any atom is -0.378 e. The van der Waals surface area contributed by atoms with Gasteiger partial charge in [-0.1, -0.05) is 11.6 Å². The minimum atomic E-state index is 0.0623. The molecule has 1 amide bonds. The molecular weight excluding hydrogens is 330 g/mol. The van der Waals surface area contributed by atoms with Crippen molar-refractivity contribution in [2.24, 2.45) is 0 Å². The van der Waals surface area contributed by atoms with Gasteiger partial charge in [-0.2, -0.15) is 0 Å². The number of carbonyl (C=O) groups is 1. The zero-order chi connectivity index (χ0) is 13.8. The number of nitrogens with zero attached hydrogens (tertiary/aromatic N) is 1. The van der Waals surface area contributed by atoms with Crippen molar-refractivity contribution >= 4 is 33.4 Å². The molecule has 0 spiro atoms. The zero-order valence-electron chi connectivity index (χ0n) is 10.9. The molecule has 3 nitrogen and oxygen atoms in total. The molecule has 0 atom stereocenters. The van der Waals surface area contributed by atoms with Crippen molar-refractivity contribution in [3.05, 3.63) is 33.3 Å². The van der Waals surface area contributed by atoms with Gasteiger partial charge >= 0.3 is 0 Å². The highest BCUT2D eigenvalue weighted by molar-refractivity contribution is 9.10. The van der Waals surface area contributed by atoms with Crippen molar-refractivity contribution < 1.29 is 9.53 Å². The number of halogens is 2. The predicted octanol–water partition coefficient (Wildman–Crippen LogP) is 3.74. The molecule has 1 heterocycles. The minimum absolute atomic E-state index is 0.0623. The first kappa shape index (κ1) is 14.8. The van der Waals surface area contributed by atoms with E-state index in [9.17, 15) is 4.79 Å². The van der Waals surface area contributed by atoms with E-state index in [1.165, 1.54) is 0 Å². The molecule has 19 heavy (non-hydrogen) atoms. The predicted molar refractivity (Wildman–Crippen MR) is 79.7 cm³/mol. The maximum absolute atomic E-state index is 12.3. The van der Waals surface area contributed by atoms with Gasteiger partial charge < -0.3 is 9.64 Å². The Morgan fingerprint density at radius 3 is 2.74 bits per heavy atom. The SMILES string of the molecule is CCOC1CCN(C(=O)c2ccc(Cl)c(Br)c2)CC1. The van der Waals surface area contributed by atoms with Gasteiger partial charge in [0.1, 0.15) is 0 Å². The second-order valence-electron chi connectivity index (χ2n) is 4.58. The lowest BCUT2D eigenvalue weighted by Crippen LogP contribution is -2.40. The largest absolute Gasteiger partial charge is 0.378 e. The van der Waals surface area contributed by atoms with Gasteiger partial charge in [0.2, 0.25) is 0 Å². The van der Waals surface area contributed by atoms with Crippen LogP contribution in [-0.2, 0) is 4.74 Å². The van der Waals surface area contributed by atoms with Crippen LogP contribution in [0.15, 0.2) is 22.7 Å². The zero-order valence-corrected chi connectivity index (χ0v) is 13.2. The topological polar surface area (TPSA) is 29.5 Å². The standard InChI is InChI=1S/C14H17BrClNO2/c1-2-19-11-5-7-17(8-6-11)14(18)10-3-4-13(16)12(15)9-10/h3-4,9,11H,2,5-8H2,1H3. The van der Waals surface area contributed by atoms with Crippen LogP contribution in [-0.4, -0.2) is 36.6 Å². The van der Waals surface area contributed by atoms with Crippen LogP contribution in [0.25, 0.3) is 0 Å². The van der Waals surface area contributed by atoms with Crippen LogP contribution >= 0.6 is 27.5 Å². The van der Waals surface area contributed by atoms with Crippen LogP contribution in [0.3, 0.4) is 0 Å². The summed E-state index contributed by atoms with van der Waals surface area (Å²) in [6, 6.07) is 5.29. The fourth-order valence-corrected chi connectivity index (χ4v) is 2.77. The second kappa shape index (κ2) is 6.73. The number of likely N-dealkylation sites (tertiary alicyclic amines) is 1. The summed E-state index contributed by atoms with van der Waals surface area (Å²) in [5, 5.41) is 0.617. The van der Waals surface area contributed by atoms with Crippen LogP contribution in [0.1, 0.15) is 30.1 Å². The van der Waals surface area contributed by atoms with Crippen molar-refractivity contribution in [2.45, 2.75) is 25.9 Å². The summed E-state index contributed by atoms with van der Waals surface area (Å²) in [5.74, 6) is 0.0623. The summed E-state index contributed by atoms with van der Waals surface area (Å²) in [7, 11) is 0. The lowest BCUT2D eigenvalue weighted by Gasteiger charge is -2.31. The Labute approximate surface area is 127 Å². The highest BCUT2D eigenvalue weighted by Gasteiger charge is 2.23. The number of rotatable bonds is 3. The molecule has 0 aromatic heterocycles. The molecule has 0 N–H and O–H groups in total. The number of hydrogen-bond acceptors (Lipinski definition) is 2. The van der Waals surface area contributed by atoms with Gasteiger partial charge in [0, 0.05) is 29.7 Å². The Morgan fingerprint density at radius 1 is 1.47 bits per heavy atom. The number of carbonyl (C=O) groups excluding carboxylic acids is 1. The first-order chi connectivity index (χ1) is 9.11. The molecule has 5 heteroatoms. The normalized spacial score (nSPS) is 16.7. The lowest BCUT2D eigenvalue weighted by atomic mass is 10.1. The number of ether oxygens (including phenoxy) is 1. The summed E-state index contributed by atoms with van der Waals surface area (Å²) in [6.45, 7) is 4.25. The Hall–Kier alpha value is -0.580. The van der Waals surface area contributed by atoms with E-state index in [4.69, 9.17) is 16.3 Å². The first-order valence-corrected chi connectivity index (χ1v) is 7.65. The van der Waals surface area contributed by atoms with E-state index >= 15 is 0 Å². The molecule has 0 unspecified atom stereocenters. The van der Waals surface area contributed by atoms with Gasteiger partial charge in [-0.15, -0.1) is 0 Å². The van der Waals surface area contributed by atoms with Crippen molar-refractivity contribution in [2.75, 3.05) is 19.7 Å². The van der Waals surface area contributed by atoms with E-state index < -0.39 is 0 Å². The van der Waals surface area contributed by atoms with Crippen molar-refractivity contribution in [3.63, 3.8) is 0 Å². The molecule has 1 aromatic carbocycles. The molecule has 0 bridgehead atoms. The Bertz CT molecular complexity index is 459. The van der Waals surface area contributed by atoms with Crippen molar-refractivity contribution in [1.29, 1.82) is 0 Å². The number of hydrogen-bond donors (Lipinski definition) is 0. The average molecular weight is 347 g/mol. The van der Waals surface area contributed by atoms with Crippen molar-refractivity contribution in [3.8, 4) is 0 Å². The Morgan fingerprint density at radius 2 is 2.16 bits per heavy atom. The van der Waals surface area contributed by atoms with Gasteiger partial charge in [0.25, 0.3) is 5.91 Å². The molecule has 1 saturated heterocycles. The highest BCUT2D eigenvalue weighted by atomic mass is 79.9. The maximum atomic E-state index is 12.3. The van der Waals surface area contributed by atoms with E-state index in [-0.39, 0.29) is 5.91 Å². The molecule has 1 aromatic rings. The van der Waals surface area contributed by atoms with E-state index in [0.717, 1.165) is 37.0 Å². The molecule has 0 aliphatic carbocycles. The summed E-state index contributed by atoms with van der Waals surface area (Å²) < 4.78 is 6.34. The van der Waals surface area contributed by atoms with Gasteiger partial charge in [0.05, 0.1) is 11.1 Å². The molecule has 1 fully saturated rings. The molecule has 2 rings (SSSR count). The number of amides is 1. The Kier molecular flexibility index (Phi) is 5.25. The summed E-state index contributed by atoms with van der Waals surface area (Å²) in [4.78, 5) is 14.2. The molecular formula is C14H17BrClNO2. The van der Waals surface area contributed by atoms with Gasteiger partial charge in [-0.05, 0) is 53.9 Å². The van der Waals surface area contributed by atoms with E-state index in [0.29, 0.717) is 16.7 Å². The average Bonchev–Trinajstić information content (AvgIpc) is 2.42. The third kappa shape index (κ3) is 3.71. The van der Waals surface area contributed by atoms with Crippen LogP contribution in [0.2, 0.25) is 5.02 Å². The third-order valence-corrected chi connectivity index (χ3v) is 4.51. The smallest absolute Gasteiger partial charge is 0.253 e. The van der Waals surface area contributed by atoms with Crippen LogP contribution < -0.4 is 0 Å². The van der Waals surface area contributed by atoms with Crippen LogP contribution in [0.4, 0.5) is 0 Å². The number of piperidine rings is 1. The fourth-order valence-electron chi connectivity index (χ4n) is 2.27. The van der Waals surface area contributed by atoms with Crippen molar-refractivity contribution in [1.82, 2.24) is 4.90 Å². The van der Waals surface area contributed by atoms with Gasteiger partial charge in [-0.25, -0.2) is 0 Å².